The number of hydrogen-bond donors (Lipinski definition) is 3. The molecular formula is C11H15N3O2. The van der Waals surface area contributed by atoms with Crippen molar-refractivity contribution in [3.63, 3.8) is 0 Å². The maximum absolute atomic E-state index is 11.9. The Bertz CT molecular complexity index is 400. The molecule has 1 aliphatic carbocycles. The van der Waals surface area contributed by atoms with Crippen molar-refractivity contribution in [2.45, 2.75) is 31.2 Å². The average molecular weight is 221 g/mol. The number of nitrogens with two attached hydrogens (primary N) is 1. The third kappa shape index (κ3) is 1.99. The Kier molecular flexibility index (Phi) is 2.78. The van der Waals surface area contributed by atoms with E-state index in [1.807, 2.05) is 0 Å². The molecule has 0 saturated heterocycles. The van der Waals surface area contributed by atoms with Gasteiger partial charge in [0.2, 0.25) is 5.91 Å². The first-order valence-corrected chi connectivity index (χ1v) is 5.36. The van der Waals surface area contributed by atoms with Crippen molar-refractivity contribution in [3.05, 3.63) is 18.3 Å². The zero-order valence-corrected chi connectivity index (χ0v) is 8.94. The van der Waals surface area contributed by atoms with Gasteiger partial charge in [-0.15, -0.1) is 0 Å². The van der Waals surface area contributed by atoms with Crippen LogP contribution in [0.15, 0.2) is 18.3 Å². The van der Waals surface area contributed by atoms with Crippen LogP contribution in [0.2, 0.25) is 0 Å². The van der Waals surface area contributed by atoms with Gasteiger partial charge < -0.3 is 16.2 Å². The first-order chi connectivity index (χ1) is 7.62. The molecule has 2 rings (SSSR count). The van der Waals surface area contributed by atoms with Crippen molar-refractivity contribution >= 4 is 11.7 Å². The molecule has 0 unspecified atom stereocenters. The van der Waals surface area contributed by atoms with Gasteiger partial charge in [0.15, 0.2) is 11.6 Å². The van der Waals surface area contributed by atoms with Crippen LogP contribution in [0.3, 0.4) is 0 Å². The minimum Gasteiger partial charge on any atom is -0.504 e. The van der Waals surface area contributed by atoms with E-state index in [4.69, 9.17) is 5.73 Å². The van der Waals surface area contributed by atoms with E-state index in [0.717, 1.165) is 12.8 Å². The van der Waals surface area contributed by atoms with Gasteiger partial charge in [0.25, 0.3) is 0 Å². The first kappa shape index (κ1) is 10.9. The lowest BCUT2D eigenvalue weighted by atomic mass is 9.98. The fourth-order valence-corrected chi connectivity index (χ4v) is 1.96. The summed E-state index contributed by atoms with van der Waals surface area (Å²) in [7, 11) is 0. The van der Waals surface area contributed by atoms with Crippen molar-refractivity contribution < 1.29 is 9.90 Å². The average Bonchev–Trinajstić information content (AvgIpc) is 2.70. The number of carbonyl (C=O) groups is 1. The van der Waals surface area contributed by atoms with E-state index in [9.17, 15) is 9.90 Å². The fourth-order valence-electron chi connectivity index (χ4n) is 1.96. The summed E-state index contributed by atoms with van der Waals surface area (Å²) in [5, 5.41) is 12.0. The zero-order valence-electron chi connectivity index (χ0n) is 8.94. The summed E-state index contributed by atoms with van der Waals surface area (Å²) >= 11 is 0. The van der Waals surface area contributed by atoms with Gasteiger partial charge in [-0.25, -0.2) is 4.98 Å². The molecule has 16 heavy (non-hydrogen) atoms. The Labute approximate surface area is 93.7 Å². The molecule has 1 heterocycles. The molecule has 1 aromatic rings. The Morgan fingerprint density at radius 1 is 1.50 bits per heavy atom. The van der Waals surface area contributed by atoms with Crippen LogP contribution in [0, 0.1) is 0 Å². The highest BCUT2D eigenvalue weighted by Gasteiger charge is 2.37. The largest absolute Gasteiger partial charge is 0.504 e. The van der Waals surface area contributed by atoms with Crippen LogP contribution in [0.1, 0.15) is 25.7 Å². The van der Waals surface area contributed by atoms with E-state index in [2.05, 4.69) is 10.3 Å². The van der Waals surface area contributed by atoms with Gasteiger partial charge in [-0.1, -0.05) is 12.8 Å². The number of nitrogens with zero attached hydrogens (tertiary/aromatic N) is 1. The van der Waals surface area contributed by atoms with E-state index in [1.165, 1.54) is 12.3 Å². The summed E-state index contributed by atoms with van der Waals surface area (Å²) in [4.78, 5) is 15.8. The lowest BCUT2D eigenvalue weighted by Crippen LogP contribution is -2.48. The van der Waals surface area contributed by atoms with Gasteiger partial charge in [0.05, 0.1) is 5.54 Å². The minimum absolute atomic E-state index is 0.0440. The van der Waals surface area contributed by atoms with Gasteiger partial charge in [-0.2, -0.15) is 0 Å². The fraction of sp³-hybridized carbons (Fsp3) is 0.455. The molecule has 5 nitrogen and oxygen atoms in total. The molecule has 0 radical (unpaired) electrons. The van der Waals surface area contributed by atoms with Gasteiger partial charge in [-0.3, -0.25) is 4.79 Å². The number of aromatic hydroxyl groups is 1. The highest BCUT2D eigenvalue weighted by atomic mass is 16.3. The Morgan fingerprint density at radius 3 is 2.81 bits per heavy atom. The van der Waals surface area contributed by atoms with E-state index < -0.39 is 5.54 Å². The lowest BCUT2D eigenvalue weighted by molar-refractivity contribution is -0.121. The third-order valence-electron chi connectivity index (χ3n) is 2.97. The Hall–Kier alpha value is -1.62. The molecule has 0 atom stereocenters. The minimum atomic E-state index is -0.802. The molecule has 0 bridgehead atoms. The van der Waals surface area contributed by atoms with Crippen molar-refractivity contribution in [3.8, 4) is 5.75 Å². The van der Waals surface area contributed by atoms with Crippen molar-refractivity contribution in [1.29, 1.82) is 0 Å². The summed E-state index contributed by atoms with van der Waals surface area (Å²) < 4.78 is 0. The van der Waals surface area contributed by atoms with Crippen LogP contribution < -0.4 is 11.1 Å². The zero-order chi connectivity index (χ0) is 11.6. The molecule has 0 aromatic carbocycles. The second-order valence-electron chi connectivity index (χ2n) is 4.19. The highest BCUT2D eigenvalue weighted by molar-refractivity contribution is 5.98. The van der Waals surface area contributed by atoms with Crippen molar-refractivity contribution in [1.82, 2.24) is 4.98 Å². The second kappa shape index (κ2) is 4.09. The molecule has 1 saturated carbocycles. The van der Waals surface area contributed by atoms with Gasteiger partial charge in [0, 0.05) is 6.20 Å². The number of amides is 1. The summed E-state index contributed by atoms with van der Waals surface area (Å²) in [6.45, 7) is 0. The molecule has 1 aliphatic rings. The molecule has 4 N–H and O–H groups in total. The van der Waals surface area contributed by atoms with Crippen LogP contribution in [0.5, 0.6) is 5.75 Å². The van der Waals surface area contributed by atoms with Crippen LogP contribution in [-0.2, 0) is 4.79 Å². The van der Waals surface area contributed by atoms with Crippen molar-refractivity contribution in [2.24, 2.45) is 5.73 Å². The van der Waals surface area contributed by atoms with Crippen LogP contribution >= 0.6 is 0 Å². The maximum atomic E-state index is 11.9. The van der Waals surface area contributed by atoms with Crippen LogP contribution in [0.25, 0.3) is 0 Å². The number of hydrogen-bond acceptors (Lipinski definition) is 4. The standard InChI is InChI=1S/C11H15N3O2/c12-11(5-1-2-6-11)10(16)14-9-8(15)4-3-7-13-9/h3-4,7,15H,1-2,5-6,12H2,(H,13,14,16). The predicted octanol–water partition coefficient (Wildman–Crippen LogP) is 0.997. The molecule has 1 fully saturated rings. The Balaban J connectivity index is 2.10. The first-order valence-electron chi connectivity index (χ1n) is 5.36. The highest BCUT2D eigenvalue weighted by Crippen LogP contribution is 2.29. The molecule has 1 amide bonds. The van der Waals surface area contributed by atoms with E-state index >= 15 is 0 Å². The van der Waals surface area contributed by atoms with E-state index in [0.29, 0.717) is 12.8 Å². The number of aromatic nitrogens is 1. The number of carbonyl (C=O) groups excluding carboxylic acids is 1. The van der Waals surface area contributed by atoms with Gasteiger partial charge >= 0.3 is 0 Å². The number of pyridine rings is 1. The van der Waals surface area contributed by atoms with Crippen LogP contribution in [-0.4, -0.2) is 21.5 Å². The molecule has 86 valence electrons. The summed E-state index contributed by atoms with van der Waals surface area (Å²) in [5.74, 6) is -0.138. The van der Waals surface area contributed by atoms with Crippen LogP contribution in [0.4, 0.5) is 5.82 Å². The number of nitrogens with one attached hydrogen (secondary N) is 1. The molecule has 0 aliphatic heterocycles. The van der Waals surface area contributed by atoms with E-state index in [1.54, 1.807) is 6.07 Å². The van der Waals surface area contributed by atoms with Gasteiger partial charge in [0.1, 0.15) is 0 Å². The molecule has 0 spiro atoms. The topological polar surface area (TPSA) is 88.2 Å². The second-order valence-corrected chi connectivity index (χ2v) is 4.19. The van der Waals surface area contributed by atoms with Gasteiger partial charge in [-0.05, 0) is 25.0 Å². The summed E-state index contributed by atoms with van der Waals surface area (Å²) in [5.41, 5.74) is 5.18. The normalized spacial score (nSPS) is 18.3. The third-order valence-corrected chi connectivity index (χ3v) is 2.97. The number of rotatable bonds is 2. The maximum Gasteiger partial charge on any atom is 0.245 e. The number of anilines is 1. The van der Waals surface area contributed by atoms with Crippen molar-refractivity contribution in [2.75, 3.05) is 5.32 Å². The van der Waals surface area contributed by atoms with E-state index in [-0.39, 0.29) is 17.5 Å². The predicted molar refractivity (Wildman–Crippen MR) is 59.9 cm³/mol. The molecular weight excluding hydrogens is 206 g/mol. The molecule has 1 aromatic heterocycles. The Morgan fingerprint density at radius 2 is 2.19 bits per heavy atom. The smallest absolute Gasteiger partial charge is 0.245 e. The molecule has 5 heteroatoms. The quantitative estimate of drug-likeness (QED) is 0.695. The summed E-state index contributed by atoms with van der Waals surface area (Å²) in [6, 6.07) is 3.07. The lowest BCUT2D eigenvalue weighted by Gasteiger charge is -2.21. The monoisotopic (exact) mass is 221 g/mol. The SMILES string of the molecule is NC1(C(=O)Nc2ncccc2O)CCCC1. The summed E-state index contributed by atoms with van der Waals surface area (Å²) in [6.07, 6.45) is 4.82.